The second-order valence-electron chi connectivity index (χ2n) is 28.1. The number of aryl methyl sites for hydroxylation is 2. The van der Waals surface area contributed by atoms with E-state index in [2.05, 4.69) is 285 Å². The van der Waals surface area contributed by atoms with E-state index in [9.17, 15) is 10.2 Å². The van der Waals surface area contributed by atoms with Crippen molar-refractivity contribution in [3.8, 4) is 44.5 Å². The number of anilines is 6. The molecule has 10 aromatic rings. The van der Waals surface area contributed by atoms with E-state index in [-0.39, 0.29) is 34.9 Å². The molecular weight excluding hydrogens is 1120 g/mol. The quantitative estimate of drug-likeness (QED) is 0.0798. The Kier molecular flexibility index (Phi) is 17.2. The van der Waals surface area contributed by atoms with Gasteiger partial charge in [0.1, 0.15) is 0 Å². The van der Waals surface area contributed by atoms with E-state index in [0.717, 1.165) is 45.0 Å². The number of hydrogen-bond acceptors (Lipinski definition) is 4. The van der Waals surface area contributed by atoms with Gasteiger partial charge in [-0.3, -0.25) is 0 Å². The number of aliphatic hydroxyl groups is 2. The summed E-state index contributed by atoms with van der Waals surface area (Å²) in [4.78, 5) is 4.84. The van der Waals surface area contributed by atoms with Crippen LogP contribution in [0.15, 0.2) is 206 Å². The van der Waals surface area contributed by atoms with Crippen LogP contribution in [0.1, 0.15) is 199 Å². The Labute approximate surface area is 549 Å². The zero-order valence-corrected chi connectivity index (χ0v) is 56.3. The van der Waals surface area contributed by atoms with Crippen LogP contribution in [-0.4, -0.2) is 10.2 Å². The standard InChI is InChI=1S/C50H59NO.C38H35NO/c1-6-10-28-49(29-11-7-2)45-20-16-14-18-41(45)43-26-24-39(33-47(43)49)51(38-23-22-36(5)37(32-38)35-52)40-25-27-44-42-19-15-17-21-46(42)50(30-12-8-3,31-13-9-4)48(44)34-40;1-24-14-15-26(20-25(24)23-40)39(27-16-18-31-29-10-6-8-12-33(29)37(2,3)35(31)21-27)28-17-19-32-30-11-7-9-13-34(30)38(4,5)36(32)22-28/h14-27,32-34,52H,6-13,28-31,35H2,1-5H3;6-22,40H,23H2,1-5H3. The number of aliphatic hydroxyl groups excluding tert-OH is 2. The summed E-state index contributed by atoms with van der Waals surface area (Å²) in [7, 11) is 0. The van der Waals surface area contributed by atoms with Gasteiger partial charge in [0.2, 0.25) is 0 Å². The zero-order chi connectivity index (χ0) is 64.1. The van der Waals surface area contributed by atoms with Crippen LogP contribution in [0.4, 0.5) is 34.1 Å². The van der Waals surface area contributed by atoms with Gasteiger partial charge in [-0.1, -0.05) is 240 Å². The van der Waals surface area contributed by atoms with Gasteiger partial charge in [-0.15, -0.1) is 0 Å². The summed E-state index contributed by atoms with van der Waals surface area (Å²) in [6.45, 7) is 22.9. The van der Waals surface area contributed by atoms with Crippen LogP contribution in [0, 0.1) is 13.8 Å². The molecule has 0 spiro atoms. The van der Waals surface area contributed by atoms with E-state index < -0.39 is 0 Å². The summed E-state index contributed by atoms with van der Waals surface area (Å²) in [5.74, 6) is 0. The summed E-state index contributed by atoms with van der Waals surface area (Å²) < 4.78 is 0. The highest BCUT2D eigenvalue weighted by Gasteiger charge is 2.45. The van der Waals surface area contributed by atoms with Gasteiger partial charge in [0.25, 0.3) is 0 Å². The molecule has 14 rings (SSSR count). The molecule has 4 nitrogen and oxygen atoms in total. The molecule has 10 aromatic carbocycles. The molecule has 0 fully saturated rings. The van der Waals surface area contributed by atoms with E-state index in [1.165, 1.54) is 177 Å². The fourth-order valence-electron chi connectivity index (χ4n) is 16.9. The highest BCUT2D eigenvalue weighted by atomic mass is 16.3. The Morgan fingerprint density at radius 2 is 0.533 bits per heavy atom. The SMILES string of the molecule is CCCCC1(CCCC)c2ccccc2-c2ccc(N(c3ccc(C)c(CO)c3)c3ccc4c(c3)C(CCCC)(CCCC)c3ccccc3-4)cc21.Cc1ccc(N(c2ccc3c(c2)C(C)(C)c2ccccc2-3)c2ccc3c(c2)C(C)(C)c2ccccc2-3)cc1CO. The topological polar surface area (TPSA) is 46.9 Å². The van der Waals surface area contributed by atoms with Gasteiger partial charge < -0.3 is 20.0 Å². The third kappa shape index (κ3) is 10.5. The van der Waals surface area contributed by atoms with E-state index in [4.69, 9.17) is 0 Å². The summed E-state index contributed by atoms with van der Waals surface area (Å²) in [5, 5.41) is 20.6. The summed E-state index contributed by atoms with van der Waals surface area (Å²) in [6, 6.07) is 77.6. The van der Waals surface area contributed by atoms with Gasteiger partial charge in [0, 0.05) is 55.8 Å². The predicted octanol–water partition coefficient (Wildman–Crippen LogP) is 23.8. The Balaban J connectivity index is 0.000000173. The van der Waals surface area contributed by atoms with Gasteiger partial charge in [0.15, 0.2) is 0 Å². The third-order valence-corrected chi connectivity index (χ3v) is 22.0. The van der Waals surface area contributed by atoms with Crippen molar-refractivity contribution < 1.29 is 10.2 Å². The van der Waals surface area contributed by atoms with Gasteiger partial charge >= 0.3 is 0 Å². The highest BCUT2D eigenvalue weighted by molar-refractivity contribution is 5.91. The summed E-state index contributed by atoms with van der Waals surface area (Å²) >= 11 is 0. The first-order valence-corrected chi connectivity index (χ1v) is 34.7. The molecule has 0 aromatic heterocycles. The monoisotopic (exact) mass is 1210 g/mol. The molecule has 2 N–H and O–H groups in total. The molecule has 0 unspecified atom stereocenters. The van der Waals surface area contributed by atoms with Crippen LogP contribution >= 0.6 is 0 Å². The molecule has 0 aliphatic heterocycles. The minimum absolute atomic E-state index is 0.0121. The van der Waals surface area contributed by atoms with Crippen molar-refractivity contribution in [3.05, 3.63) is 273 Å². The Bertz CT molecular complexity index is 4140. The molecule has 0 atom stereocenters. The molecule has 4 aliphatic carbocycles. The maximum atomic E-state index is 10.5. The van der Waals surface area contributed by atoms with Gasteiger partial charge in [-0.2, -0.15) is 0 Å². The second kappa shape index (κ2) is 25.3. The molecule has 0 radical (unpaired) electrons. The molecule has 0 saturated carbocycles. The lowest BCUT2D eigenvalue weighted by atomic mass is 9.70. The lowest BCUT2D eigenvalue weighted by Gasteiger charge is -2.35. The Hall–Kier alpha value is -8.28. The van der Waals surface area contributed by atoms with E-state index in [1.807, 2.05) is 0 Å². The van der Waals surface area contributed by atoms with E-state index in [0.29, 0.717) is 0 Å². The summed E-state index contributed by atoms with van der Waals surface area (Å²) in [5.41, 5.74) is 33.1. The van der Waals surface area contributed by atoms with Gasteiger partial charge in [0.05, 0.1) is 13.2 Å². The lowest BCUT2D eigenvalue weighted by molar-refractivity contribution is 0.281. The maximum Gasteiger partial charge on any atom is 0.0685 e. The van der Waals surface area contributed by atoms with Crippen molar-refractivity contribution in [3.63, 3.8) is 0 Å². The van der Waals surface area contributed by atoms with Crippen LogP contribution in [0.25, 0.3) is 44.5 Å². The van der Waals surface area contributed by atoms with Crippen molar-refractivity contribution >= 4 is 34.1 Å². The Morgan fingerprint density at radius 3 is 0.848 bits per heavy atom. The van der Waals surface area contributed by atoms with Gasteiger partial charge in [-0.25, -0.2) is 0 Å². The smallest absolute Gasteiger partial charge is 0.0685 e. The average Bonchev–Trinajstić information content (AvgIpc) is 1.57. The van der Waals surface area contributed by atoms with Crippen molar-refractivity contribution in [2.24, 2.45) is 0 Å². The van der Waals surface area contributed by atoms with Crippen molar-refractivity contribution in [1.82, 2.24) is 0 Å². The van der Waals surface area contributed by atoms with Crippen molar-refractivity contribution in [2.45, 2.75) is 181 Å². The van der Waals surface area contributed by atoms with Crippen molar-refractivity contribution in [1.29, 1.82) is 0 Å². The third-order valence-electron chi connectivity index (χ3n) is 22.0. The van der Waals surface area contributed by atoms with Gasteiger partial charge in [-0.05, 0) is 224 Å². The first-order valence-electron chi connectivity index (χ1n) is 34.7. The minimum atomic E-state index is -0.0846. The predicted molar refractivity (Wildman–Crippen MR) is 389 cm³/mol. The largest absolute Gasteiger partial charge is 0.392 e. The molecule has 0 bridgehead atoms. The zero-order valence-electron chi connectivity index (χ0n) is 56.3. The van der Waals surface area contributed by atoms with Crippen LogP contribution in [-0.2, 0) is 34.9 Å². The number of unbranched alkanes of at least 4 members (excludes halogenated alkanes) is 4. The first kappa shape index (κ1) is 62.5. The minimum Gasteiger partial charge on any atom is -0.392 e. The lowest BCUT2D eigenvalue weighted by Crippen LogP contribution is -2.26. The van der Waals surface area contributed by atoms with Crippen LogP contribution in [0.3, 0.4) is 0 Å². The normalized spacial score (nSPS) is 14.8. The number of rotatable bonds is 20. The molecule has 0 amide bonds. The summed E-state index contributed by atoms with van der Waals surface area (Å²) in [6.07, 6.45) is 14.3. The average molecular weight is 1210 g/mol. The molecule has 0 saturated heterocycles. The van der Waals surface area contributed by atoms with Crippen LogP contribution in [0.2, 0.25) is 0 Å². The number of fused-ring (bicyclic) bond motifs is 12. The van der Waals surface area contributed by atoms with Crippen LogP contribution in [0.5, 0.6) is 0 Å². The maximum absolute atomic E-state index is 10.5. The number of benzene rings is 10. The second-order valence-corrected chi connectivity index (χ2v) is 28.1. The van der Waals surface area contributed by atoms with Crippen molar-refractivity contribution in [2.75, 3.05) is 9.80 Å². The fraction of sp³-hybridized carbons (Fsp3) is 0.318. The number of hydrogen-bond donors (Lipinski definition) is 2. The van der Waals surface area contributed by atoms with E-state index >= 15 is 0 Å². The Morgan fingerprint density at radius 1 is 0.283 bits per heavy atom. The first-order chi connectivity index (χ1) is 44.7. The molecule has 4 aliphatic rings. The van der Waals surface area contributed by atoms with Crippen LogP contribution < -0.4 is 9.80 Å². The molecule has 92 heavy (non-hydrogen) atoms. The molecule has 0 heterocycles. The molecular formula is C88H94N2O2. The van der Waals surface area contributed by atoms with E-state index in [1.54, 1.807) is 0 Å². The molecule has 468 valence electrons. The highest BCUT2D eigenvalue weighted by Crippen LogP contribution is 2.59. The number of nitrogens with zero attached hydrogens (tertiary/aromatic N) is 2. The fourth-order valence-corrected chi connectivity index (χ4v) is 16.9. The molecule has 4 heteroatoms.